The third kappa shape index (κ3) is 3.47. The number of rotatable bonds is 5. The number of aliphatic hydroxyl groups is 1. The fourth-order valence-electron chi connectivity index (χ4n) is 2.86. The standard InChI is InChI=1S/C16H21IO5/c1-16(2)21-14-13(19-9-10-6-4-3-5-7-10)12(11(18)8-17)20-15(14)22-16/h3-7,11-15,18H,8-9H2,1-2H3/t11-,12-,13+,14-,15-/m1/s1. The molecule has 2 heterocycles. The summed E-state index contributed by atoms with van der Waals surface area (Å²) in [4.78, 5) is 0. The summed E-state index contributed by atoms with van der Waals surface area (Å²) in [6, 6.07) is 9.93. The second kappa shape index (κ2) is 6.70. The Morgan fingerprint density at radius 2 is 2.00 bits per heavy atom. The van der Waals surface area contributed by atoms with Crippen molar-refractivity contribution < 1.29 is 24.1 Å². The first-order valence-electron chi connectivity index (χ1n) is 7.41. The van der Waals surface area contributed by atoms with Gasteiger partial charge in [0.25, 0.3) is 0 Å². The number of halogens is 1. The van der Waals surface area contributed by atoms with Crippen molar-refractivity contribution in [2.75, 3.05) is 4.43 Å². The van der Waals surface area contributed by atoms with Crippen LogP contribution < -0.4 is 0 Å². The molecular formula is C16H21IO5. The molecule has 2 saturated heterocycles. The van der Waals surface area contributed by atoms with Gasteiger partial charge in [0.15, 0.2) is 12.1 Å². The molecule has 0 radical (unpaired) electrons. The van der Waals surface area contributed by atoms with Crippen LogP contribution in [0.3, 0.4) is 0 Å². The van der Waals surface area contributed by atoms with E-state index in [9.17, 15) is 5.11 Å². The maximum absolute atomic E-state index is 10.2. The highest BCUT2D eigenvalue weighted by molar-refractivity contribution is 14.1. The summed E-state index contributed by atoms with van der Waals surface area (Å²) in [5.41, 5.74) is 1.08. The smallest absolute Gasteiger partial charge is 0.190 e. The molecule has 0 spiro atoms. The molecular weight excluding hydrogens is 399 g/mol. The first-order valence-corrected chi connectivity index (χ1v) is 8.93. The van der Waals surface area contributed by atoms with Crippen molar-refractivity contribution in [1.82, 2.24) is 0 Å². The molecule has 5 nitrogen and oxygen atoms in total. The van der Waals surface area contributed by atoms with Gasteiger partial charge in [0.2, 0.25) is 0 Å². The van der Waals surface area contributed by atoms with Crippen LogP contribution in [0.15, 0.2) is 30.3 Å². The van der Waals surface area contributed by atoms with Crippen LogP contribution in [0.4, 0.5) is 0 Å². The van der Waals surface area contributed by atoms with Gasteiger partial charge in [-0.15, -0.1) is 0 Å². The van der Waals surface area contributed by atoms with Gasteiger partial charge in [-0.1, -0.05) is 52.9 Å². The van der Waals surface area contributed by atoms with Crippen LogP contribution in [0.2, 0.25) is 0 Å². The lowest BCUT2D eigenvalue weighted by molar-refractivity contribution is -0.228. The molecule has 5 atom stereocenters. The molecule has 6 heteroatoms. The topological polar surface area (TPSA) is 57.2 Å². The Balaban J connectivity index is 1.71. The number of ether oxygens (including phenoxy) is 4. The van der Waals surface area contributed by atoms with Gasteiger partial charge in [0.05, 0.1) is 12.7 Å². The second-order valence-electron chi connectivity index (χ2n) is 6.05. The first kappa shape index (κ1) is 16.6. The minimum atomic E-state index is -0.691. The van der Waals surface area contributed by atoms with Crippen LogP contribution in [0.1, 0.15) is 19.4 Å². The molecule has 2 fully saturated rings. The van der Waals surface area contributed by atoms with E-state index < -0.39 is 24.3 Å². The molecule has 1 N–H and O–H groups in total. The van der Waals surface area contributed by atoms with Crippen molar-refractivity contribution >= 4 is 22.6 Å². The van der Waals surface area contributed by atoms with Crippen molar-refractivity contribution in [3.63, 3.8) is 0 Å². The van der Waals surface area contributed by atoms with Crippen LogP contribution in [-0.4, -0.2) is 46.0 Å². The molecule has 3 rings (SSSR count). The lowest BCUT2D eigenvalue weighted by atomic mass is 10.1. The summed E-state index contributed by atoms with van der Waals surface area (Å²) in [6.07, 6.45) is -2.20. The average molecular weight is 420 g/mol. The number of hydrogen-bond donors (Lipinski definition) is 1. The average Bonchev–Trinajstić information content (AvgIpc) is 2.97. The Bertz CT molecular complexity index is 495. The van der Waals surface area contributed by atoms with Crippen molar-refractivity contribution in [2.45, 2.75) is 56.9 Å². The van der Waals surface area contributed by atoms with Gasteiger partial charge < -0.3 is 24.1 Å². The lowest BCUT2D eigenvalue weighted by Crippen LogP contribution is -2.43. The predicted molar refractivity (Wildman–Crippen MR) is 88.6 cm³/mol. The molecule has 122 valence electrons. The Morgan fingerprint density at radius 1 is 1.27 bits per heavy atom. The fourth-order valence-corrected chi connectivity index (χ4v) is 3.36. The predicted octanol–water partition coefficient (Wildman–Crippen LogP) is 2.24. The van der Waals surface area contributed by atoms with Gasteiger partial charge in [-0.25, -0.2) is 0 Å². The minimum absolute atomic E-state index is 0.318. The Labute approximate surface area is 144 Å². The van der Waals surface area contributed by atoms with E-state index >= 15 is 0 Å². The molecule has 22 heavy (non-hydrogen) atoms. The maximum atomic E-state index is 10.2. The third-order valence-electron chi connectivity index (χ3n) is 3.85. The zero-order chi connectivity index (χ0) is 15.7. The largest absolute Gasteiger partial charge is 0.390 e. The molecule has 1 aromatic rings. The van der Waals surface area contributed by atoms with Gasteiger partial charge in [0.1, 0.15) is 18.3 Å². The van der Waals surface area contributed by atoms with Crippen LogP contribution in [0.5, 0.6) is 0 Å². The zero-order valence-electron chi connectivity index (χ0n) is 12.6. The number of alkyl halides is 1. The summed E-state index contributed by atoms with van der Waals surface area (Å²) in [5, 5.41) is 10.2. The van der Waals surface area contributed by atoms with Gasteiger partial charge in [-0.05, 0) is 19.4 Å². The second-order valence-corrected chi connectivity index (χ2v) is 6.93. The van der Waals surface area contributed by atoms with E-state index in [1.165, 1.54) is 0 Å². The molecule has 0 aromatic heterocycles. The number of hydrogen-bond acceptors (Lipinski definition) is 5. The molecule has 0 aliphatic carbocycles. The zero-order valence-corrected chi connectivity index (χ0v) is 14.8. The Morgan fingerprint density at radius 3 is 2.68 bits per heavy atom. The van der Waals surface area contributed by atoms with E-state index in [2.05, 4.69) is 22.6 Å². The van der Waals surface area contributed by atoms with E-state index in [-0.39, 0.29) is 12.2 Å². The molecule has 0 bridgehead atoms. The molecule has 2 aliphatic heterocycles. The summed E-state index contributed by atoms with van der Waals surface area (Å²) in [7, 11) is 0. The first-order chi connectivity index (χ1) is 10.5. The van der Waals surface area contributed by atoms with Gasteiger partial charge in [-0.3, -0.25) is 0 Å². The van der Waals surface area contributed by atoms with E-state index in [0.29, 0.717) is 11.0 Å². The molecule has 0 amide bonds. The maximum Gasteiger partial charge on any atom is 0.190 e. The fraction of sp³-hybridized carbons (Fsp3) is 0.625. The van der Waals surface area contributed by atoms with Crippen LogP contribution >= 0.6 is 22.6 Å². The number of aliphatic hydroxyl groups excluding tert-OH is 1. The van der Waals surface area contributed by atoms with Crippen LogP contribution in [-0.2, 0) is 25.6 Å². The third-order valence-corrected chi connectivity index (χ3v) is 4.75. The van der Waals surface area contributed by atoms with Gasteiger partial charge in [-0.2, -0.15) is 0 Å². The van der Waals surface area contributed by atoms with E-state index in [4.69, 9.17) is 18.9 Å². The van der Waals surface area contributed by atoms with E-state index in [1.54, 1.807) is 0 Å². The highest BCUT2D eigenvalue weighted by Gasteiger charge is 2.56. The normalized spacial score (nSPS) is 34.5. The number of benzene rings is 1. The summed E-state index contributed by atoms with van der Waals surface area (Å²) >= 11 is 2.14. The van der Waals surface area contributed by atoms with Crippen molar-refractivity contribution in [1.29, 1.82) is 0 Å². The Hall–Kier alpha value is -0.250. The number of fused-ring (bicyclic) bond motifs is 1. The molecule has 0 unspecified atom stereocenters. The summed E-state index contributed by atoms with van der Waals surface area (Å²) < 4.78 is 24.1. The lowest BCUT2D eigenvalue weighted by Gasteiger charge is -2.28. The molecule has 2 aliphatic rings. The molecule has 0 saturated carbocycles. The summed E-state index contributed by atoms with van der Waals surface area (Å²) in [5.74, 6) is -0.691. The summed E-state index contributed by atoms with van der Waals surface area (Å²) in [6.45, 7) is 4.16. The SMILES string of the molecule is CC1(C)O[C@H]2O[C@H]([C@H](O)CI)[C@H](OCc3ccccc3)[C@H]2O1. The van der Waals surface area contributed by atoms with Crippen LogP contribution in [0, 0.1) is 0 Å². The monoisotopic (exact) mass is 420 g/mol. The van der Waals surface area contributed by atoms with E-state index in [1.807, 2.05) is 44.2 Å². The Kier molecular flexibility index (Phi) is 5.06. The van der Waals surface area contributed by atoms with Crippen molar-refractivity contribution in [2.24, 2.45) is 0 Å². The van der Waals surface area contributed by atoms with Crippen molar-refractivity contribution in [3.05, 3.63) is 35.9 Å². The quantitative estimate of drug-likeness (QED) is 0.585. The van der Waals surface area contributed by atoms with E-state index in [0.717, 1.165) is 5.56 Å². The van der Waals surface area contributed by atoms with Gasteiger partial charge >= 0.3 is 0 Å². The molecule has 1 aromatic carbocycles. The minimum Gasteiger partial charge on any atom is -0.390 e. The van der Waals surface area contributed by atoms with Crippen molar-refractivity contribution in [3.8, 4) is 0 Å². The highest BCUT2D eigenvalue weighted by atomic mass is 127. The van der Waals surface area contributed by atoms with Crippen LogP contribution in [0.25, 0.3) is 0 Å². The highest BCUT2D eigenvalue weighted by Crippen LogP contribution is 2.40. The van der Waals surface area contributed by atoms with Gasteiger partial charge in [0, 0.05) is 4.43 Å².